The second-order valence-corrected chi connectivity index (χ2v) is 5.82. The molecule has 0 aliphatic carbocycles. The molecule has 2 nitrogen and oxygen atoms in total. The fourth-order valence-electron chi connectivity index (χ4n) is 1.82. The Morgan fingerprint density at radius 1 is 1.15 bits per heavy atom. The van der Waals surface area contributed by atoms with Crippen molar-refractivity contribution >= 4 is 23.4 Å². The predicted molar refractivity (Wildman–Crippen MR) is 86.7 cm³/mol. The fraction of sp³-hybridized carbons (Fsp3) is 0.250. The first-order valence-corrected chi connectivity index (χ1v) is 7.92. The minimum atomic E-state index is -0.0213. The zero-order valence-corrected chi connectivity index (χ0v) is 13.0. The molecular weight excluding hydrogens is 290 g/mol. The van der Waals surface area contributed by atoms with Gasteiger partial charge < -0.3 is 10.5 Å². The van der Waals surface area contributed by atoms with Gasteiger partial charge in [0.1, 0.15) is 5.75 Å². The lowest BCUT2D eigenvalue weighted by atomic mass is 10.1. The average molecular weight is 308 g/mol. The van der Waals surface area contributed by atoms with Crippen LogP contribution in [0.3, 0.4) is 0 Å². The topological polar surface area (TPSA) is 35.2 Å². The summed E-state index contributed by atoms with van der Waals surface area (Å²) in [5.74, 6) is 1.67. The van der Waals surface area contributed by atoms with Gasteiger partial charge >= 0.3 is 0 Å². The van der Waals surface area contributed by atoms with Crippen LogP contribution in [0.25, 0.3) is 0 Å². The highest BCUT2D eigenvalue weighted by Crippen LogP contribution is 2.29. The van der Waals surface area contributed by atoms with Gasteiger partial charge in [-0.25, -0.2) is 0 Å². The van der Waals surface area contributed by atoms with E-state index in [1.54, 1.807) is 11.8 Å². The predicted octanol–water partition coefficient (Wildman–Crippen LogP) is 4.53. The van der Waals surface area contributed by atoms with Gasteiger partial charge in [0.25, 0.3) is 0 Å². The number of thioether (sulfide) groups is 1. The smallest absolute Gasteiger partial charge is 0.119 e. The van der Waals surface area contributed by atoms with Crippen molar-refractivity contribution in [2.75, 3.05) is 12.4 Å². The van der Waals surface area contributed by atoms with E-state index in [-0.39, 0.29) is 6.04 Å². The van der Waals surface area contributed by atoms with Gasteiger partial charge in [-0.2, -0.15) is 0 Å². The maximum absolute atomic E-state index is 6.21. The molecule has 0 spiro atoms. The Labute approximate surface area is 129 Å². The second kappa shape index (κ2) is 7.58. The van der Waals surface area contributed by atoms with Gasteiger partial charge in [-0.05, 0) is 36.8 Å². The first-order valence-electron chi connectivity index (χ1n) is 6.56. The number of benzene rings is 2. The van der Waals surface area contributed by atoms with Crippen LogP contribution in [0.2, 0.25) is 5.02 Å². The Kier molecular flexibility index (Phi) is 5.77. The van der Waals surface area contributed by atoms with Crippen LogP contribution in [0, 0.1) is 0 Å². The van der Waals surface area contributed by atoms with Crippen molar-refractivity contribution in [1.82, 2.24) is 0 Å². The van der Waals surface area contributed by atoms with Crippen LogP contribution < -0.4 is 10.5 Å². The van der Waals surface area contributed by atoms with Gasteiger partial charge in [-0.3, -0.25) is 0 Å². The fourth-order valence-corrected chi connectivity index (χ4v) is 3.05. The molecule has 2 N–H and O–H groups in total. The summed E-state index contributed by atoms with van der Waals surface area (Å²) in [6, 6.07) is 15.7. The van der Waals surface area contributed by atoms with Crippen LogP contribution >= 0.6 is 23.4 Å². The summed E-state index contributed by atoms with van der Waals surface area (Å²) in [4.78, 5) is 1.07. The first kappa shape index (κ1) is 15.2. The molecule has 0 amide bonds. The van der Waals surface area contributed by atoms with Crippen molar-refractivity contribution in [3.8, 4) is 5.75 Å². The molecule has 0 heterocycles. The van der Waals surface area contributed by atoms with Crippen LogP contribution in [0.5, 0.6) is 5.75 Å². The summed E-state index contributed by atoms with van der Waals surface area (Å²) < 4.78 is 5.42. The zero-order chi connectivity index (χ0) is 14.4. The lowest BCUT2D eigenvalue weighted by molar-refractivity contribution is 0.340. The van der Waals surface area contributed by atoms with Crippen molar-refractivity contribution in [2.45, 2.75) is 17.9 Å². The van der Waals surface area contributed by atoms with Crippen LogP contribution in [0.1, 0.15) is 18.5 Å². The van der Waals surface area contributed by atoms with Crippen LogP contribution in [0.4, 0.5) is 0 Å². The SMILES string of the molecule is CCOc1ccc(C(N)CSc2ccccc2Cl)cc1. The molecule has 0 aliphatic rings. The minimum Gasteiger partial charge on any atom is -0.494 e. The number of halogens is 1. The normalized spacial score (nSPS) is 12.2. The molecule has 1 unspecified atom stereocenters. The Bertz CT molecular complexity index is 544. The molecule has 2 rings (SSSR count). The third-order valence-corrected chi connectivity index (χ3v) is 4.51. The van der Waals surface area contributed by atoms with Crippen molar-refractivity contribution < 1.29 is 4.74 Å². The second-order valence-electron chi connectivity index (χ2n) is 4.35. The van der Waals surface area contributed by atoms with Crippen LogP contribution in [-0.2, 0) is 0 Å². The van der Waals surface area contributed by atoms with E-state index < -0.39 is 0 Å². The molecule has 0 saturated carbocycles. The molecule has 20 heavy (non-hydrogen) atoms. The number of ether oxygens (including phenoxy) is 1. The minimum absolute atomic E-state index is 0.0213. The van der Waals surface area contributed by atoms with Crippen molar-refractivity contribution in [2.24, 2.45) is 5.73 Å². The lowest BCUT2D eigenvalue weighted by Crippen LogP contribution is -2.12. The Balaban J connectivity index is 1.94. The summed E-state index contributed by atoms with van der Waals surface area (Å²) in [6.45, 7) is 2.65. The molecule has 0 radical (unpaired) electrons. The Morgan fingerprint density at radius 3 is 2.50 bits per heavy atom. The van der Waals surface area contributed by atoms with E-state index in [1.165, 1.54) is 0 Å². The number of hydrogen-bond donors (Lipinski definition) is 1. The standard InChI is InChI=1S/C16H18ClNOS/c1-2-19-13-9-7-12(8-10-13)15(18)11-20-16-6-4-3-5-14(16)17/h3-10,15H,2,11,18H2,1H3. The van der Waals surface area contributed by atoms with E-state index in [2.05, 4.69) is 0 Å². The van der Waals surface area contributed by atoms with Gasteiger partial charge in [0.05, 0.1) is 11.6 Å². The van der Waals surface area contributed by atoms with Crippen molar-refractivity contribution in [3.63, 3.8) is 0 Å². The maximum atomic E-state index is 6.21. The lowest BCUT2D eigenvalue weighted by Gasteiger charge is -2.13. The van der Waals surface area contributed by atoms with E-state index in [9.17, 15) is 0 Å². The van der Waals surface area contributed by atoms with E-state index in [0.717, 1.165) is 27.0 Å². The summed E-state index contributed by atoms with van der Waals surface area (Å²) in [7, 11) is 0. The molecule has 0 fully saturated rings. The maximum Gasteiger partial charge on any atom is 0.119 e. The average Bonchev–Trinajstić information content (AvgIpc) is 2.47. The van der Waals surface area contributed by atoms with Gasteiger partial charge in [0.2, 0.25) is 0 Å². The molecule has 2 aromatic rings. The number of nitrogens with two attached hydrogens (primary N) is 1. The summed E-state index contributed by atoms with van der Waals surface area (Å²) in [6.07, 6.45) is 0. The highest BCUT2D eigenvalue weighted by atomic mass is 35.5. The molecule has 4 heteroatoms. The van der Waals surface area contributed by atoms with Crippen molar-refractivity contribution in [1.29, 1.82) is 0 Å². The molecular formula is C16H18ClNOS. The van der Waals surface area contributed by atoms with E-state index in [4.69, 9.17) is 22.1 Å². The summed E-state index contributed by atoms with van der Waals surface area (Å²) in [5.41, 5.74) is 7.32. The van der Waals surface area contributed by atoms with Gasteiger partial charge in [0, 0.05) is 16.7 Å². The van der Waals surface area contributed by atoms with E-state index in [0.29, 0.717) is 6.61 Å². The van der Waals surface area contributed by atoms with E-state index >= 15 is 0 Å². The van der Waals surface area contributed by atoms with Gasteiger partial charge in [-0.15, -0.1) is 11.8 Å². The van der Waals surface area contributed by atoms with Gasteiger partial charge in [-0.1, -0.05) is 35.9 Å². The quantitative estimate of drug-likeness (QED) is 0.796. The molecule has 0 aromatic heterocycles. The third kappa shape index (κ3) is 4.17. The molecule has 1 atom stereocenters. The number of hydrogen-bond acceptors (Lipinski definition) is 3. The molecule has 0 aliphatic heterocycles. The molecule has 0 bridgehead atoms. The van der Waals surface area contributed by atoms with E-state index in [1.807, 2.05) is 55.5 Å². The largest absolute Gasteiger partial charge is 0.494 e. The first-order chi connectivity index (χ1) is 9.70. The molecule has 106 valence electrons. The summed E-state index contributed by atoms with van der Waals surface area (Å²) in [5, 5.41) is 0.774. The Morgan fingerprint density at radius 2 is 1.85 bits per heavy atom. The van der Waals surface area contributed by atoms with Crippen LogP contribution in [-0.4, -0.2) is 12.4 Å². The Hall–Kier alpha value is -1.16. The molecule has 2 aromatic carbocycles. The van der Waals surface area contributed by atoms with Crippen molar-refractivity contribution in [3.05, 3.63) is 59.1 Å². The number of rotatable bonds is 6. The monoisotopic (exact) mass is 307 g/mol. The molecule has 0 saturated heterocycles. The third-order valence-electron chi connectivity index (χ3n) is 2.87. The highest BCUT2D eigenvalue weighted by molar-refractivity contribution is 7.99. The van der Waals surface area contributed by atoms with Crippen LogP contribution in [0.15, 0.2) is 53.4 Å². The van der Waals surface area contributed by atoms with Gasteiger partial charge in [0.15, 0.2) is 0 Å². The summed E-state index contributed by atoms with van der Waals surface area (Å²) >= 11 is 7.81. The zero-order valence-electron chi connectivity index (χ0n) is 11.4. The highest BCUT2D eigenvalue weighted by Gasteiger charge is 2.08.